The minimum atomic E-state index is -3.45. The zero-order valence-corrected chi connectivity index (χ0v) is 14.4. The van der Waals surface area contributed by atoms with Crippen molar-refractivity contribution in [2.75, 3.05) is 6.54 Å². The Bertz CT molecular complexity index is 988. The number of fused-ring (bicyclic) bond motifs is 3. The van der Waals surface area contributed by atoms with Crippen LogP contribution in [0.15, 0.2) is 53.4 Å². The van der Waals surface area contributed by atoms with Gasteiger partial charge in [0.05, 0.1) is 11.4 Å². The molecule has 0 fully saturated rings. The Morgan fingerprint density at radius 1 is 1.08 bits per heavy atom. The minimum Gasteiger partial charge on any atom is -0.357 e. The van der Waals surface area contributed by atoms with Gasteiger partial charge in [-0.3, -0.25) is 0 Å². The highest BCUT2D eigenvalue weighted by Gasteiger charge is 2.30. The first-order valence-corrected chi connectivity index (χ1v) is 9.71. The fourth-order valence-electron chi connectivity index (χ4n) is 3.42. The van der Waals surface area contributed by atoms with Crippen LogP contribution in [0, 0.1) is 0 Å². The van der Waals surface area contributed by atoms with E-state index in [0.29, 0.717) is 18.0 Å². The molecule has 1 aliphatic rings. The smallest absolute Gasteiger partial charge is 0.243 e. The highest BCUT2D eigenvalue weighted by Crippen LogP contribution is 2.30. The molecule has 0 radical (unpaired) electrons. The number of aryl methyl sites for hydroxylation is 1. The number of aromatic nitrogens is 1. The van der Waals surface area contributed by atoms with E-state index in [1.807, 2.05) is 30.3 Å². The van der Waals surface area contributed by atoms with Crippen molar-refractivity contribution in [3.05, 3.63) is 65.4 Å². The van der Waals surface area contributed by atoms with Crippen LogP contribution in [0.2, 0.25) is 0 Å². The molecular weight excluding hydrogens is 320 g/mol. The van der Waals surface area contributed by atoms with E-state index in [0.717, 1.165) is 29.6 Å². The van der Waals surface area contributed by atoms with Gasteiger partial charge in [-0.1, -0.05) is 37.3 Å². The highest BCUT2D eigenvalue weighted by molar-refractivity contribution is 7.89. The normalized spacial score (nSPS) is 15.5. The van der Waals surface area contributed by atoms with Gasteiger partial charge < -0.3 is 4.98 Å². The Morgan fingerprint density at radius 2 is 1.83 bits per heavy atom. The number of aromatic amines is 1. The fraction of sp³-hybridized carbons (Fsp3) is 0.263. The third kappa shape index (κ3) is 2.44. The van der Waals surface area contributed by atoms with Crippen LogP contribution in [-0.2, 0) is 29.4 Å². The molecule has 0 aliphatic carbocycles. The zero-order chi connectivity index (χ0) is 16.7. The maximum atomic E-state index is 12.9. The van der Waals surface area contributed by atoms with Gasteiger partial charge in [0.1, 0.15) is 0 Å². The molecule has 1 aromatic heterocycles. The van der Waals surface area contributed by atoms with Gasteiger partial charge in [0.15, 0.2) is 0 Å². The second-order valence-corrected chi connectivity index (χ2v) is 8.15. The van der Waals surface area contributed by atoms with E-state index >= 15 is 0 Å². The van der Waals surface area contributed by atoms with E-state index in [9.17, 15) is 8.42 Å². The lowest BCUT2D eigenvalue weighted by Gasteiger charge is -2.26. The van der Waals surface area contributed by atoms with E-state index in [2.05, 4.69) is 18.0 Å². The van der Waals surface area contributed by atoms with Gasteiger partial charge in [-0.05, 0) is 42.2 Å². The van der Waals surface area contributed by atoms with Crippen LogP contribution in [0.25, 0.3) is 10.9 Å². The summed E-state index contributed by atoms with van der Waals surface area (Å²) < 4.78 is 27.4. The van der Waals surface area contributed by atoms with E-state index in [1.165, 1.54) is 10.9 Å². The minimum absolute atomic E-state index is 0.374. The number of rotatable bonds is 3. The summed E-state index contributed by atoms with van der Waals surface area (Å²) in [5, 5.41) is 1.21. The summed E-state index contributed by atoms with van der Waals surface area (Å²) in [6, 6.07) is 15.4. The molecule has 0 amide bonds. The molecule has 2 aromatic carbocycles. The van der Waals surface area contributed by atoms with Gasteiger partial charge in [-0.15, -0.1) is 0 Å². The SMILES string of the molecule is CCc1ccc(S(=O)(=O)N2CCc3c([nH]c4ccccc34)C2)cc1. The molecule has 3 aromatic rings. The van der Waals surface area contributed by atoms with Crippen LogP contribution in [0.3, 0.4) is 0 Å². The quantitative estimate of drug-likeness (QED) is 0.794. The molecule has 0 saturated carbocycles. The second-order valence-electron chi connectivity index (χ2n) is 6.21. The molecule has 124 valence electrons. The van der Waals surface area contributed by atoms with Crippen molar-refractivity contribution in [1.82, 2.24) is 9.29 Å². The van der Waals surface area contributed by atoms with Crippen molar-refractivity contribution in [3.8, 4) is 0 Å². The van der Waals surface area contributed by atoms with Crippen molar-refractivity contribution >= 4 is 20.9 Å². The van der Waals surface area contributed by atoms with Gasteiger partial charge in [-0.2, -0.15) is 4.31 Å². The second kappa shape index (κ2) is 5.76. The number of hydrogen-bond donors (Lipinski definition) is 1. The first kappa shape index (κ1) is 15.4. The fourth-order valence-corrected chi connectivity index (χ4v) is 4.83. The zero-order valence-electron chi connectivity index (χ0n) is 13.6. The average Bonchev–Trinajstić information content (AvgIpc) is 2.99. The molecule has 0 unspecified atom stereocenters. The largest absolute Gasteiger partial charge is 0.357 e. The lowest BCUT2D eigenvalue weighted by Crippen LogP contribution is -2.35. The number of hydrogen-bond acceptors (Lipinski definition) is 2. The lowest BCUT2D eigenvalue weighted by molar-refractivity contribution is 0.388. The Hall–Kier alpha value is -2.11. The van der Waals surface area contributed by atoms with Gasteiger partial charge in [0, 0.05) is 23.1 Å². The van der Waals surface area contributed by atoms with E-state index in [-0.39, 0.29) is 0 Å². The molecule has 1 N–H and O–H groups in total. The monoisotopic (exact) mass is 340 g/mol. The summed E-state index contributed by atoms with van der Waals surface area (Å²) >= 11 is 0. The number of sulfonamides is 1. The van der Waals surface area contributed by atoms with Crippen LogP contribution < -0.4 is 0 Å². The van der Waals surface area contributed by atoms with Crippen LogP contribution in [-0.4, -0.2) is 24.3 Å². The summed E-state index contributed by atoms with van der Waals surface area (Å²) in [5.41, 5.74) is 4.48. The van der Waals surface area contributed by atoms with Gasteiger partial charge in [-0.25, -0.2) is 8.42 Å². The van der Waals surface area contributed by atoms with Crippen molar-refractivity contribution in [2.45, 2.75) is 31.2 Å². The van der Waals surface area contributed by atoms with Gasteiger partial charge >= 0.3 is 0 Å². The third-order valence-electron chi connectivity index (χ3n) is 4.82. The predicted molar refractivity (Wildman–Crippen MR) is 95.4 cm³/mol. The number of H-pyrrole nitrogens is 1. The van der Waals surface area contributed by atoms with Crippen LogP contribution in [0.5, 0.6) is 0 Å². The highest BCUT2D eigenvalue weighted by atomic mass is 32.2. The van der Waals surface area contributed by atoms with E-state index in [1.54, 1.807) is 16.4 Å². The summed E-state index contributed by atoms with van der Waals surface area (Å²) in [5.74, 6) is 0. The van der Waals surface area contributed by atoms with Crippen molar-refractivity contribution < 1.29 is 8.42 Å². The number of para-hydroxylation sites is 1. The van der Waals surface area contributed by atoms with Crippen molar-refractivity contribution in [1.29, 1.82) is 0 Å². The molecule has 2 heterocycles. The molecule has 0 atom stereocenters. The number of nitrogens with zero attached hydrogens (tertiary/aromatic N) is 1. The molecule has 0 bridgehead atoms. The van der Waals surface area contributed by atoms with E-state index < -0.39 is 10.0 Å². The predicted octanol–water partition coefficient (Wildman–Crippen LogP) is 3.48. The van der Waals surface area contributed by atoms with Crippen molar-refractivity contribution in [2.24, 2.45) is 0 Å². The molecule has 24 heavy (non-hydrogen) atoms. The summed E-state index contributed by atoms with van der Waals surface area (Å²) in [7, 11) is -3.45. The Balaban J connectivity index is 1.67. The molecule has 4 nitrogen and oxygen atoms in total. The molecular formula is C19H20N2O2S. The first-order chi connectivity index (χ1) is 11.6. The number of nitrogens with one attached hydrogen (secondary N) is 1. The van der Waals surface area contributed by atoms with E-state index in [4.69, 9.17) is 0 Å². The van der Waals surface area contributed by atoms with Gasteiger partial charge in [0.2, 0.25) is 10.0 Å². The Morgan fingerprint density at radius 3 is 2.58 bits per heavy atom. The maximum absolute atomic E-state index is 12.9. The standard InChI is InChI=1S/C19H20N2O2S/c1-2-14-7-9-15(10-8-14)24(22,23)21-12-11-17-16-5-3-4-6-18(16)20-19(17)13-21/h3-10,20H,2,11-13H2,1H3. The van der Waals surface area contributed by atoms with Crippen LogP contribution in [0.4, 0.5) is 0 Å². The van der Waals surface area contributed by atoms with Crippen molar-refractivity contribution in [3.63, 3.8) is 0 Å². The third-order valence-corrected chi connectivity index (χ3v) is 6.68. The molecule has 0 spiro atoms. The molecule has 5 heteroatoms. The van der Waals surface area contributed by atoms with Gasteiger partial charge in [0.25, 0.3) is 0 Å². The Kier molecular flexibility index (Phi) is 3.70. The Labute approximate surface area is 142 Å². The summed E-state index contributed by atoms with van der Waals surface area (Å²) in [6.45, 7) is 2.99. The summed E-state index contributed by atoms with van der Waals surface area (Å²) in [4.78, 5) is 3.76. The topological polar surface area (TPSA) is 53.2 Å². The first-order valence-electron chi connectivity index (χ1n) is 8.27. The number of benzene rings is 2. The lowest BCUT2D eigenvalue weighted by atomic mass is 10.1. The maximum Gasteiger partial charge on any atom is 0.243 e. The average molecular weight is 340 g/mol. The molecule has 1 aliphatic heterocycles. The van der Waals surface area contributed by atoms with Crippen LogP contribution >= 0.6 is 0 Å². The summed E-state index contributed by atoms with van der Waals surface area (Å²) in [6.07, 6.45) is 1.65. The molecule has 0 saturated heterocycles. The van der Waals surface area contributed by atoms with Crippen LogP contribution in [0.1, 0.15) is 23.7 Å². The molecule has 4 rings (SSSR count).